The van der Waals surface area contributed by atoms with Crippen LogP contribution in [0.5, 0.6) is 0 Å². The molecule has 5 nitrogen and oxygen atoms in total. The minimum Gasteiger partial charge on any atom is -0.345 e. The fourth-order valence-corrected chi connectivity index (χ4v) is 4.24. The van der Waals surface area contributed by atoms with Gasteiger partial charge in [0.2, 0.25) is 0 Å². The maximum absolute atomic E-state index is 13.8. The van der Waals surface area contributed by atoms with Gasteiger partial charge >= 0.3 is 6.03 Å². The topological polar surface area (TPSA) is 48.5 Å². The van der Waals surface area contributed by atoms with Crippen molar-refractivity contribution in [2.24, 2.45) is 0 Å². The first-order chi connectivity index (χ1) is 13.2. The zero-order valence-electron chi connectivity index (χ0n) is 14.9. The van der Waals surface area contributed by atoms with Crippen LogP contribution in [0.2, 0.25) is 0 Å². The average Bonchev–Trinajstić information content (AvgIpc) is 3.15. The highest BCUT2D eigenvalue weighted by atomic mass is 32.1. The molecule has 3 aromatic rings. The molecule has 7 heteroatoms. The molecule has 27 heavy (non-hydrogen) atoms. The van der Waals surface area contributed by atoms with Gasteiger partial charge in [0, 0.05) is 32.7 Å². The van der Waals surface area contributed by atoms with Crippen LogP contribution in [0, 0.1) is 5.82 Å². The third kappa shape index (κ3) is 4.03. The van der Waals surface area contributed by atoms with Crippen LogP contribution in [0.3, 0.4) is 0 Å². The number of rotatable bonds is 4. The van der Waals surface area contributed by atoms with E-state index in [9.17, 15) is 9.18 Å². The van der Waals surface area contributed by atoms with E-state index >= 15 is 0 Å². The second-order valence-electron chi connectivity index (χ2n) is 6.52. The number of urea groups is 1. The normalized spacial score (nSPS) is 14.6. The Balaban J connectivity index is 1.29. The minimum absolute atomic E-state index is 0.0269. The van der Waals surface area contributed by atoms with Crippen LogP contribution in [0.4, 0.5) is 14.3 Å². The Labute approximate surface area is 161 Å². The largest absolute Gasteiger partial charge is 0.345 e. The molecule has 0 spiro atoms. The molecular formula is C20H21FN4OS. The number of halogens is 1. The van der Waals surface area contributed by atoms with Crippen LogP contribution in [0.1, 0.15) is 5.56 Å². The lowest BCUT2D eigenvalue weighted by Crippen LogP contribution is -2.52. The summed E-state index contributed by atoms with van der Waals surface area (Å²) in [5.74, 6) is -0.286. The third-order valence-electron chi connectivity index (χ3n) is 4.73. The highest BCUT2D eigenvalue weighted by Crippen LogP contribution is 2.30. The number of piperazine rings is 1. The number of para-hydroxylation sites is 1. The van der Waals surface area contributed by atoms with E-state index in [1.807, 2.05) is 29.2 Å². The number of amides is 2. The Kier molecular flexibility index (Phi) is 5.20. The summed E-state index contributed by atoms with van der Waals surface area (Å²) in [6.07, 6.45) is 0.823. The molecule has 1 aromatic heterocycles. The molecule has 4 rings (SSSR count). The Morgan fingerprint density at radius 3 is 2.59 bits per heavy atom. The molecule has 140 valence electrons. The fraction of sp³-hybridized carbons (Fsp3) is 0.300. The first kappa shape index (κ1) is 17.7. The first-order valence-corrected chi connectivity index (χ1v) is 9.89. The number of anilines is 1. The summed E-state index contributed by atoms with van der Waals surface area (Å²) in [6, 6.07) is 15.1. The Morgan fingerprint density at radius 2 is 1.85 bits per heavy atom. The summed E-state index contributed by atoms with van der Waals surface area (Å²) in [7, 11) is 0. The van der Waals surface area contributed by atoms with Crippen molar-refractivity contribution in [3.8, 4) is 0 Å². The number of aromatic nitrogens is 1. The fourth-order valence-electron chi connectivity index (χ4n) is 3.21. The standard InChI is InChI=1S/C20H21FN4OS/c21-16-7-4-8-17-18(16)23-20(27-17)25-13-11-24(12-14-25)19(26)22-10-9-15-5-2-1-3-6-15/h1-8H,9-14H2,(H,22,26). The Morgan fingerprint density at radius 1 is 1.07 bits per heavy atom. The van der Waals surface area contributed by atoms with Crippen LogP contribution in [-0.4, -0.2) is 48.6 Å². The molecule has 0 radical (unpaired) electrons. The van der Waals surface area contributed by atoms with Gasteiger partial charge in [0.15, 0.2) is 5.13 Å². The van der Waals surface area contributed by atoms with E-state index in [0.717, 1.165) is 16.3 Å². The SMILES string of the molecule is O=C(NCCc1ccccc1)N1CCN(c2nc3c(F)cccc3s2)CC1. The molecule has 1 saturated heterocycles. The zero-order chi connectivity index (χ0) is 18.6. The number of hydrogen-bond acceptors (Lipinski definition) is 4. The van der Waals surface area contributed by atoms with Crippen LogP contribution >= 0.6 is 11.3 Å². The quantitative estimate of drug-likeness (QED) is 0.749. The summed E-state index contributed by atoms with van der Waals surface area (Å²) in [5.41, 5.74) is 1.64. The van der Waals surface area contributed by atoms with Crippen LogP contribution < -0.4 is 10.2 Å². The van der Waals surface area contributed by atoms with E-state index in [2.05, 4.69) is 27.3 Å². The highest BCUT2D eigenvalue weighted by molar-refractivity contribution is 7.22. The van der Waals surface area contributed by atoms with Crippen LogP contribution in [-0.2, 0) is 6.42 Å². The van der Waals surface area contributed by atoms with Gasteiger partial charge in [0.05, 0.1) is 4.70 Å². The Bertz CT molecular complexity index is 922. The average molecular weight is 384 g/mol. The molecule has 2 aromatic carbocycles. The van der Waals surface area contributed by atoms with Crippen molar-refractivity contribution in [3.05, 3.63) is 59.9 Å². The minimum atomic E-state index is -0.286. The van der Waals surface area contributed by atoms with Crippen molar-refractivity contribution in [1.29, 1.82) is 0 Å². The molecule has 0 atom stereocenters. The van der Waals surface area contributed by atoms with E-state index in [1.54, 1.807) is 6.07 Å². The van der Waals surface area contributed by atoms with E-state index in [-0.39, 0.29) is 11.8 Å². The number of nitrogens with zero attached hydrogens (tertiary/aromatic N) is 3. The highest BCUT2D eigenvalue weighted by Gasteiger charge is 2.23. The van der Waals surface area contributed by atoms with Crippen LogP contribution in [0.25, 0.3) is 10.2 Å². The predicted octanol–water partition coefficient (Wildman–Crippen LogP) is 3.51. The zero-order valence-corrected chi connectivity index (χ0v) is 15.7. The lowest BCUT2D eigenvalue weighted by atomic mass is 10.1. The maximum atomic E-state index is 13.8. The summed E-state index contributed by atoms with van der Waals surface area (Å²) >= 11 is 1.49. The number of carbonyl (C=O) groups excluding carboxylic acids is 1. The molecule has 1 aliphatic heterocycles. The summed E-state index contributed by atoms with van der Waals surface area (Å²) in [4.78, 5) is 20.7. The molecule has 0 unspecified atom stereocenters. The second kappa shape index (κ2) is 7.92. The van der Waals surface area contributed by atoms with Gasteiger partial charge in [-0.3, -0.25) is 0 Å². The molecule has 1 N–H and O–H groups in total. The predicted molar refractivity (Wildman–Crippen MR) is 107 cm³/mol. The number of fused-ring (bicyclic) bond motifs is 1. The number of hydrogen-bond donors (Lipinski definition) is 1. The molecule has 0 bridgehead atoms. The number of benzene rings is 2. The van der Waals surface area contributed by atoms with Crippen LogP contribution in [0.15, 0.2) is 48.5 Å². The molecular weight excluding hydrogens is 363 g/mol. The number of thiazole rings is 1. The molecule has 1 fully saturated rings. The number of nitrogens with one attached hydrogen (secondary N) is 1. The number of carbonyl (C=O) groups is 1. The molecule has 0 saturated carbocycles. The summed E-state index contributed by atoms with van der Waals surface area (Å²) < 4.78 is 14.7. The van der Waals surface area contributed by atoms with Crippen molar-refractivity contribution >= 4 is 32.7 Å². The van der Waals surface area contributed by atoms with Crippen molar-refractivity contribution in [2.75, 3.05) is 37.6 Å². The maximum Gasteiger partial charge on any atom is 0.317 e. The molecule has 1 aliphatic rings. The molecule has 2 heterocycles. The van der Waals surface area contributed by atoms with E-state index in [0.29, 0.717) is 38.2 Å². The lowest BCUT2D eigenvalue weighted by Gasteiger charge is -2.34. The lowest BCUT2D eigenvalue weighted by molar-refractivity contribution is 0.194. The van der Waals surface area contributed by atoms with Gasteiger partial charge in [0.1, 0.15) is 11.3 Å². The Hall–Kier alpha value is -2.67. The van der Waals surface area contributed by atoms with E-state index < -0.39 is 0 Å². The van der Waals surface area contributed by atoms with Gasteiger partial charge in [-0.1, -0.05) is 47.7 Å². The molecule has 2 amide bonds. The smallest absolute Gasteiger partial charge is 0.317 e. The van der Waals surface area contributed by atoms with Gasteiger partial charge in [-0.15, -0.1) is 0 Å². The van der Waals surface area contributed by atoms with Crippen molar-refractivity contribution in [2.45, 2.75) is 6.42 Å². The van der Waals surface area contributed by atoms with E-state index in [4.69, 9.17) is 0 Å². The second-order valence-corrected chi connectivity index (χ2v) is 7.53. The van der Waals surface area contributed by atoms with Crippen molar-refractivity contribution in [3.63, 3.8) is 0 Å². The van der Waals surface area contributed by atoms with E-state index in [1.165, 1.54) is 23.0 Å². The van der Waals surface area contributed by atoms with Gasteiger partial charge < -0.3 is 15.1 Å². The summed E-state index contributed by atoms with van der Waals surface area (Å²) in [5, 5.41) is 3.81. The third-order valence-corrected chi connectivity index (χ3v) is 5.81. The van der Waals surface area contributed by atoms with Crippen molar-refractivity contribution in [1.82, 2.24) is 15.2 Å². The van der Waals surface area contributed by atoms with Gasteiger partial charge in [-0.25, -0.2) is 14.2 Å². The summed E-state index contributed by atoms with van der Waals surface area (Å²) in [6.45, 7) is 3.30. The van der Waals surface area contributed by atoms with Gasteiger partial charge in [-0.05, 0) is 24.1 Å². The van der Waals surface area contributed by atoms with Crippen molar-refractivity contribution < 1.29 is 9.18 Å². The molecule has 0 aliphatic carbocycles. The van der Waals surface area contributed by atoms with Gasteiger partial charge in [0.25, 0.3) is 0 Å². The van der Waals surface area contributed by atoms with Gasteiger partial charge in [-0.2, -0.15) is 0 Å². The first-order valence-electron chi connectivity index (χ1n) is 9.07. The monoisotopic (exact) mass is 384 g/mol.